The zero-order chi connectivity index (χ0) is 15.8. The van der Waals surface area contributed by atoms with Crippen molar-refractivity contribution in [2.24, 2.45) is 5.92 Å². The number of unbranched alkanes of at least 4 members (excludes halogenated alkanes) is 1. The lowest BCUT2D eigenvalue weighted by atomic mass is 9.99. The van der Waals surface area contributed by atoms with Gasteiger partial charge in [0.25, 0.3) is 0 Å². The summed E-state index contributed by atoms with van der Waals surface area (Å²) in [4.78, 5) is 16.6. The predicted molar refractivity (Wildman–Crippen MR) is 94.3 cm³/mol. The molecule has 0 aliphatic carbocycles. The van der Waals surface area contributed by atoms with Gasteiger partial charge in [-0.2, -0.15) is 0 Å². The van der Waals surface area contributed by atoms with E-state index in [1.807, 2.05) is 18.2 Å². The van der Waals surface area contributed by atoms with Crippen molar-refractivity contribution in [3.05, 3.63) is 29.3 Å². The summed E-state index contributed by atoms with van der Waals surface area (Å²) in [6, 6.07) is 8.13. The van der Waals surface area contributed by atoms with Crippen LogP contribution in [-0.4, -0.2) is 17.4 Å². The third kappa shape index (κ3) is 5.09. The second kappa shape index (κ2) is 8.89. The van der Waals surface area contributed by atoms with Crippen LogP contribution in [0.25, 0.3) is 10.2 Å². The average Bonchev–Trinajstić information content (AvgIpc) is 2.96. The van der Waals surface area contributed by atoms with Crippen molar-refractivity contribution >= 4 is 27.5 Å². The third-order valence-corrected chi connectivity index (χ3v) is 5.13. The van der Waals surface area contributed by atoms with Crippen LogP contribution in [0.1, 0.15) is 51.0 Å². The molecule has 1 atom stereocenters. The van der Waals surface area contributed by atoms with Gasteiger partial charge in [-0.15, -0.1) is 11.3 Å². The van der Waals surface area contributed by atoms with Crippen LogP contribution >= 0.6 is 11.3 Å². The second-order valence-electron chi connectivity index (χ2n) is 5.80. The highest BCUT2D eigenvalue weighted by Gasteiger charge is 2.10. The maximum absolute atomic E-state index is 12.0. The smallest absolute Gasteiger partial charge is 0.220 e. The van der Waals surface area contributed by atoms with E-state index < -0.39 is 0 Å². The number of fused-ring (bicyclic) bond motifs is 1. The van der Waals surface area contributed by atoms with Crippen LogP contribution in [0.15, 0.2) is 24.3 Å². The molecule has 1 N–H and O–H groups in total. The number of carbonyl (C=O) groups is 1. The highest BCUT2D eigenvalue weighted by molar-refractivity contribution is 7.18. The quantitative estimate of drug-likeness (QED) is 0.736. The summed E-state index contributed by atoms with van der Waals surface area (Å²) in [5.41, 5.74) is 1.04. The number of hydrogen-bond acceptors (Lipinski definition) is 3. The maximum Gasteiger partial charge on any atom is 0.220 e. The monoisotopic (exact) mass is 318 g/mol. The topological polar surface area (TPSA) is 42.0 Å². The Balaban J connectivity index is 1.75. The number of rotatable bonds is 9. The molecule has 1 amide bonds. The van der Waals surface area contributed by atoms with Gasteiger partial charge in [-0.05, 0) is 24.5 Å². The van der Waals surface area contributed by atoms with E-state index in [4.69, 9.17) is 0 Å². The van der Waals surface area contributed by atoms with E-state index in [9.17, 15) is 4.79 Å². The first kappa shape index (κ1) is 16.9. The van der Waals surface area contributed by atoms with Crippen molar-refractivity contribution in [1.82, 2.24) is 10.3 Å². The third-order valence-electron chi connectivity index (χ3n) is 4.04. The normalized spacial score (nSPS) is 12.5. The number of nitrogens with one attached hydrogen (secondary N) is 1. The minimum atomic E-state index is 0.147. The van der Waals surface area contributed by atoms with E-state index in [2.05, 4.69) is 30.2 Å². The molecule has 2 aromatic rings. The number of benzene rings is 1. The van der Waals surface area contributed by atoms with Gasteiger partial charge in [-0.1, -0.05) is 45.2 Å². The molecule has 1 aromatic heterocycles. The molecule has 0 spiro atoms. The summed E-state index contributed by atoms with van der Waals surface area (Å²) in [5, 5.41) is 4.13. The summed E-state index contributed by atoms with van der Waals surface area (Å²) >= 11 is 1.69. The Bertz CT molecular complexity index is 561. The van der Waals surface area contributed by atoms with Crippen molar-refractivity contribution in [2.75, 3.05) is 6.54 Å². The molecule has 0 radical (unpaired) electrons. The summed E-state index contributed by atoms with van der Waals surface area (Å²) in [6.07, 6.45) is 6.09. The van der Waals surface area contributed by atoms with E-state index in [1.54, 1.807) is 11.3 Å². The number of aryl methyl sites for hydroxylation is 1. The molecule has 120 valence electrons. The lowest BCUT2D eigenvalue weighted by Crippen LogP contribution is -2.29. The van der Waals surface area contributed by atoms with E-state index in [1.165, 1.54) is 24.0 Å². The molecule has 4 heteroatoms. The molecule has 0 aliphatic heterocycles. The predicted octanol–water partition coefficient (Wildman–Crippen LogP) is 4.56. The molecule has 0 aliphatic rings. The molecule has 2 rings (SSSR count). The Morgan fingerprint density at radius 3 is 2.86 bits per heavy atom. The zero-order valence-corrected chi connectivity index (χ0v) is 14.4. The first-order chi connectivity index (χ1) is 10.7. The lowest BCUT2D eigenvalue weighted by Gasteiger charge is -2.15. The molecule has 0 bridgehead atoms. The highest BCUT2D eigenvalue weighted by atomic mass is 32.1. The van der Waals surface area contributed by atoms with Crippen LogP contribution in [0.5, 0.6) is 0 Å². The first-order valence-corrected chi connectivity index (χ1v) is 9.15. The SMILES string of the molecule is CCCCC(CC)CNC(=O)CCc1nc2ccccc2s1. The van der Waals surface area contributed by atoms with Crippen LogP contribution in [0.4, 0.5) is 0 Å². The molecule has 1 heterocycles. The number of aromatic nitrogens is 1. The van der Waals surface area contributed by atoms with E-state index >= 15 is 0 Å². The number of thiazole rings is 1. The Morgan fingerprint density at radius 1 is 1.32 bits per heavy atom. The first-order valence-electron chi connectivity index (χ1n) is 8.34. The van der Waals surface area contributed by atoms with Gasteiger partial charge in [0.1, 0.15) is 0 Å². The van der Waals surface area contributed by atoms with Crippen molar-refractivity contribution < 1.29 is 4.79 Å². The minimum Gasteiger partial charge on any atom is -0.356 e. The molecule has 3 nitrogen and oxygen atoms in total. The van der Waals surface area contributed by atoms with E-state index in [-0.39, 0.29) is 5.91 Å². The number of nitrogens with zero attached hydrogens (tertiary/aromatic N) is 1. The summed E-state index contributed by atoms with van der Waals surface area (Å²) in [5.74, 6) is 0.764. The standard InChI is InChI=1S/C18H26N2OS/c1-3-5-8-14(4-2)13-19-17(21)11-12-18-20-15-9-6-7-10-16(15)22-18/h6-7,9-10,14H,3-5,8,11-13H2,1-2H3,(H,19,21). The van der Waals surface area contributed by atoms with Gasteiger partial charge < -0.3 is 5.32 Å². The van der Waals surface area contributed by atoms with Gasteiger partial charge >= 0.3 is 0 Å². The Labute approximate surface area is 137 Å². The van der Waals surface area contributed by atoms with Crippen LogP contribution in [0.2, 0.25) is 0 Å². The summed E-state index contributed by atoms with van der Waals surface area (Å²) in [6.45, 7) is 5.23. The van der Waals surface area contributed by atoms with Crippen molar-refractivity contribution in [2.45, 2.75) is 52.4 Å². The fourth-order valence-corrected chi connectivity index (χ4v) is 3.50. The number of carbonyl (C=O) groups excluding carboxylic acids is 1. The summed E-state index contributed by atoms with van der Waals surface area (Å²) < 4.78 is 1.20. The molecular formula is C18H26N2OS. The molecule has 1 unspecified atom stereocenters. The zero-order valence-electron chi connectivity index (χ0n) is 13.6. The van der Waals surface area contributed by atoms with Gasteiger partial charge in [0.2, 0.25) is 5.91 Å². The van der Waals surface area contributed by atoms with Crippen LogP contribution in [0, 0.1) is 5.92 Å². The molecule has 1 aromatic carbocycles. The fourth-order valence-electron chi connectivity index (χ4n) is 2.54. The van der Waals surface area contributed by atoms with Crippen LogP contribution in [0.3, 0.4) is 0 Å². The van der Waals surface area contributed by atoms with Gasteiger partial charge in [-0.3, -0.25) is 4.79 Å². The fraction of sp³-hybridized carbons (Fsp3) is 0.556. The molecule has 0 saturated carbocycles. The van der Waals surface area contributed by atoms with E-state index in [0.29, 0.717) is 12.3 Å². The Kier molecular flexibility index (Phi) is 6.84. The lowest BCUT2D eigenvalue weighted by molar-refractivity contribution is -0.121. The minimum absolute atomic E-state index is 0.147. The Hall–Kier alpha value is -1.42. The largest absolute Gasteiger partial charge is 0.356 e. The van der Waals surface area contributed by atoms with Crippen LogP contribution in [-0.2, 0) is 11.2 Å². The number of amides is 1. The van der Waals surface area contributed by atoms with Crippen molar-refractivity contribution in [1.29, 1.82) is 0 Å². The maximum atomic E-state index is 12.0. The molecule has 0 saturated heterocycles. The summed E-state index contributed by atoms with van der Waals surface area (Å²) in [7, 11) is 0. The van der Waals surface area contributed by atoms with Crippen molar-refractivity contribution in [3.8, 4) is 0 Å². The van der Waals surface area contributed by atoms with Gasteiger partial charge in [0.05, 0.1) is 15.2 Å². The molecule has 0 fully saturated rings. The highest BCUT2D eigenvalue weighted by Crippen LogP contribution is 2.22. The number of hydrogen-bond donors (Lipinski definition) is 1. The van der Waals surface area contributed by atoms with Crippen LogP contribution < -0.4 is 5.32 Å². The molecular weight excluding hydrogens is 292 g/mol. The van der Waals surface area contributed by atoms with Crippen molar-refractivity contribution in [3.63, 3.8) is 0 Å². The van der Waals surface area contributed by atoms with Gasteiger partial charge in [0.15, 0.2) is 0 Å². The Morgan fingerprint density at radius 2 is 2.14 bits per heavy atom. The second-order valence-corrected chi connectivity index (χ2v) is 6.91. The van der Waals surface area contributed by atoms with E-state index in [0.717, 1.165) is 29.9 Å². The number of para-hydroxylation sites is 1. The average molecular weight is 318 g/mol. The van der Waals surface area contributed by atoms with Gasteiger partial charge in [0, 0.05) is 19.4 Å². The van der Waals surface area contributed by atoms with Gasteiger partial charge in [-0.25, -0.2) is 4.98 Å². The molecule has 22 heavy (non-hydrogen) atoms.